The normalized spacial score (nSPS) is 27.1. The maximum atomic E-state index is 12.9. The van der Waals surface area contributed by atoms with E-state index in [9.17, 15) is 9.59 Å². The molecule has 0 amide bonds. The number of nitriles is 1. The average molecular weight is 398 g/mol. The van der Waals surface area contributed by atoms with Crippen LogP contribution in [0.2, 0.25) is 0 Å². The molecular formula is C24H31NO4. The summed E-state index contributed by atoms with van der Waals surface area (Å²) in [6.07, 6.45) is 5.09. The highest BCUT2D eigenvalue weighted by Crippen LogP contribution is 2.60. The Kier molecular flexibility index (Phi) is 6.89. The van der Waals surface area contributed by atoms with Gasteiger partial charge in [-0.3, -0.25) is 4.79 Å². The van der Waals surface area contributed by atoms with Crippen molar-refractivity contribution in [3.8, 4) is 6.07 Å². The summed E-state index contributed by atoms with van der Waals surface area (Å²) < 4.78 is 10.9. The number of nitrogens with zero attached hydrogens (tertiary/aromatic N) is 1. The van der Waals surface area contributed by atoms with Crippen LogP contribution in [0.4, 0.5) is 0 Å². The molecule has 0 aromatic carbocycles. The molecule has 0 saturated heterocycles. The Morgan fingerprint density at radius 3 is 2.59 bits per heavy atom. The summed E-state index contributed by atoms with van der Waals surface area (Å²) in [6.45, 7) is 15.5. The summed E-state index contributed by atoms with van der Waals surface area (Å²) >= 11 is 0. The van der Waals surface area contributed by atoms with Gasteiger partial charge in [0.2, 0.25) is 0 Å². The first-order chi connectivity index (χ1) is 13.5. The molecule has 0 bridgehead atoms. The lowest BCUT2D eigenvalue weighted by atomic mass is 10.0. The number of ether oxygens (including phenoxy) is 2. The van der Waals surface area contributed by atoms with Gasteiger partial charge in [0, 0.05) is 12.5 Å². The van der Waals surface area contributed by atoms with Crippen molar-refractivity contribution in [2.24, 2.45) is 17.3 Å². The molecule has 4 atom stereocenters. The molecule has 5 heteroatoms. The van der Waals surface area contributed by atoms with E-state index in [0.29, 0.717) is 12.8 Å². The molecule has 0 spiro atoms. The Hall–Kier alpha value is -2.61. The topological polar surface area (TPSA) is 76.4 Å². The summed E-state index contributed by atoms with van der Waals surface area (Å²) in [5.41, 5.74) is 3.73. The monoisotopic (exact) mass is 397 g/mol. The van der Waals surface area contributed by atoms with Crippen molar-refractivity contribution in [1.29, 1.82) is 5.26 Å². The lowest BCUT2D eigenvalue weighted by Crippen LogP contribution is -2.20. The van der Waals surface area contributed by atoms with E-state index < -0.39 is 18.2 Å². The molecule has 0 aromatic rings. The Labute approximate surface area is 173 Å². The number of carbonyl (C=O) groups is 2. The van der Waals surface area contributed by atoms with E-state index in [1.165, 1.54) is 18.6 Å². The van der Waals surface area contributed by atoms with E-state index in [0.717, 1.165) is 16.7 Å². The molecule has 2 aliphatic rings. The van der Waals surface area contributed by atoms with E-state index in [1.807, 2.05) is 26.8 Å². The Bertz CT molecular complexity index is 833. The van der Waals surface area contributed by atoms with Gasteiger partial charge in [-0.1, -0.05) is 31.6 Å². The summed E-state index contributed by atoms with van der Waals surface area (Å²) in [4.78, 5) is 24.9. The van der Waals surface area contributed by atoms with Gasteiger partial charge in [-0.25, -0.2) is 4.79 Å². The fraction of sp³-hybridized carbons (Fsp3) is 0.542. The second-order valence-corrected chi connectivity index (χ2v) is 8.73. The number of hydrogen-bond donors (Lipinski definition) is 0. The van der Waals surface area contributed by atoms with Gasteiger partial charge in [0.1, 0.15) is 12.2 Å². The third-order valence-electron chi connectivity index (χ3n) is 5.80. The van der Waals surface area contributed by atoms with Gasteiger partial charge in [-0.2, -0.15) is 5.26 Å². The molecule has 0 radical (unpaired) electrons. The molecule has 1 fully saturated rings. The van der Waals surface area contributed by atoms with Crippen molar-refractivity contribution in [3.05, 3.63) is 47.1 Å². The van der Waals surface area contributed by atoms with Crippen molar-refractivity contribution < 1.29 is 19.1 Å². The third kappa shape index (κ3) is 5.06. The van der Waals surface area contributed by atoms with Crippen LogP contribution in [0.1, 0.15) is 54.4 Å². The van der Waals surface area contributed by atoms with Gasteiger partial charge in [-0.05, 0) is 62.2 Å². The number of rotatable bonds is 7. The molecule has 2 unspecified atom stereocenters. The maximum absolute atomic E-state index is 12.9. The van der Waals surface area contributed by atoms with Crippen LogP contribution in [-0.4, -0.2) is 24.1 Å². The van der Waals surface area contributed by atoms with Gasteiger partial charge in [0.05, 0.1) is 5.92 Å². The fourth-order valence-corrected chi connectivity index (χ4v) is 4.02. The quantitative estimate of drug-likeness (QED) is 0.350. The standard InChI is InChI=1S/C24H31NO4/c1-8-9-18-16(5)20(11-17(18)12-21(26)28-15(4)13-25)29-23(27)22-19(10-14(2)3)24(22,6)7/h8,10,12,15,19-20,22H,1,9,11H2,2-7H3/t15?,19-,20?,22+/m1/s1. The summed E-state index contributed by atoms with van der Waals surface area (Å²) in [5.74, 6) is -0.720. The van der Waals surface area contributed by atoms with Gasteiger partial charge < -0.3 is 9.47 Å². The molecule has 5 nitrogen and oxygen atoms in total. The highest BCUT2D eigenvalue weighted by molar-refractivity contribution is 5.85. The predicted octanol–water partition coefficient (Wildman–Crippen LogP) is 4.81. The Balaban J connectivity index is 2.16. The number of esters is 2. The molecule has 2 rings (SSSR count). The molecule has 2 aliphatic carbocycles. The van der Waals surface area contributed by atoms with Crippen molar-refractivity contribution in [2.75, 3.05) is 0 Å². The van der Waals surface area contributed by atoms with E-state index in [4.69, 9.17) is 14.7 Å². The van der Waals surface area contributed by atoms with Crippen LogP contribution in [0.25, 0.3) is 0 Å². The second-order valence-electron chi connectivity index (χ2n) is 8.73. The van der Waals surface area contributed by atoms with Crippen LogP contribution in [0, 0.1) is 28.6 Å². The summed E-state index contributed by atoms with van der Waals surface area (Å²) in [7, 11) is 0. The van der Waals surface area contributed by atoms with Crippen molar-refractivity contribution in [3.63, 3.8) is 0 Å². The molecule has 0 aromatic heterocycles. The molecule has 0 aliphatic heterocycles. The van der Waals surface area contributed by atoms with E-state index in [1.54, 1.807) is 6.08 Å². The first-order valence-electron chi connectivity index (χ1n) is 10.00. The number of hydrogen-bond acceptors (Lipinski definition) is 5. The largest absolute Gasteiger partial charge is 0.457 e. The van der Waals surface area contributed by atoms with Crippen molar-refractivity contribution in [1.82, 2.24) is 0 Å². The van der Waals surface area contributed by atoms with Crippen LogP contribution < -0.4 is 0 Å². The van der Waals surface area contributed by atoms with Crippen molar-refractivity contribution >= 4 is 11.9 Å². The average Bonchev–Trinajstić information content (AvgIpc) is 3.04. The van der Waals surface area contributed by atoms with Crippen molar-refractivity contribution in [2.45, 2.75) is 66.6 Å². The predicted molar refractivity (Wildman–Crippen MR) is 111 cm³/mol. The van der Waals surface area contributed by atoms with Gasteiger partial charge >= 0.3 is 11.9 Å². The second kappa shape index (κ2) is 8.82. The zero-order valence-electron chi connectivity index (χ0n) is 18.2. The minimum Gasteiger partial charge on any atom is -0.457 e. The van der Waals surface area contributed by atoms with Gasteiger partial charge in [-0.15, -0.1) is 6.58 Å². The first-order valence-corrected chi connectivity index (χ1v) is 10.00. The number of carbonyl (C=O) groups excluding carboxylic acids is 2. The molecule has 0 heterocycles. The highest BCUT2D eigenvalue weighted by Gasteiger charge is 2.61. The minimum atomic E-state index is -0.814. The van der Waals surface area contributed by atoms with Crippen LogP contribution in [0.3, 0.4) is 0 Å². The Morgan fingerprint density at radius 1 is 1.38 bits per heavy atom. The van der Waals surface area contributed by atoms with Crippen LogP contribution in [0.15, 0.2) is 47.1 Å². The SMILES string of the molecule is C=CCC1=C(C)C(OC(=O)[C@@H]2[C@@H](C=C(C)C)C2(C)C)CC1=CC(=O)OC(C)C#N. The summed E-state index contributed by atoms with van der Waals surface area (Å²) in [6, 6.07) is 1.87. The smallest absolute Gasteiger partial charge is 0.332 e. The first kappa shape index (κ1) is 22.7. The van der Waals surface area contributed by atoms with Gasteiger partial charge in [0.25, 0.3) is 0 Å². The van der Waals surface area contributed by atoms with Crippen LogP contribution in [0.5, 0.6) is 0 Å². The van der Waals surface area contributed by atoms with Crippen LogP contribution in [-0.2, 0) is 19.1 Å². The minimum absolute atomic E-state index is 0.107. The molecule has 29 heavy (non-hydrogen) atoms. The lowest BCUT2D eigenvalue weighted by molar-refractivity contribution is -0.149. The van der Waals surface area contributed by atoms with E-state index in [2.05, 4.69) is 26.5 Å². The zero-order chi connectivity index (χ0) is 21.9. The Morgan fingerprint density at radius 2 is 2.03 bits per heavy atom. The lowest BCUT2D eigenvalue weighted by Gasteiger charge is -2.14. The maximum Gasteiger partial charge on any atom is 0.332 e. The zero-order valence-corrected chi connectivity index (χ0v) is 18.2. The molecule has 156 valence electrons. The van der Waals surface area contributed by atoms with Crippen LogP contribution >= 0.6 is 0 Å². The number of allylic oxidation sites excluding steroid dienone is 4. The van der Waals surface area contributed by atoms with Gasteiger partial charge in [0.15, 0.2) is 6.10 Å². The van der Waals surface area contributed by atoms with E-state index >= 15 is 0 Å². The molecule has 1 saturated carbocycles. The molecule has 0 N–H and O–H groups in total. The highest BCUT2D eigenvalue weighted by atomic mass is 16.5. The third-order valence-corrected chi connectivity index (χ3v) is 5.80. The fourth-order valence-electron chi connectivity index (χ4n) is 4.02. The van der Waals surface area contributed by atoms with E-state index in [-0.39, 0.29) is 23.2 Å². The molecular weight excluding hydrogens is 366 g/mol. The summed E-state index contributed by atoms with van der Waals surface area (Å²) in [5, 5.41) is 8.81.